The van der Waals surface area contributed by atoms with Crippen molar-refractivity contribution in [3.05, 3.63) is 58.8 Å². The first-order valence-corrected chi connectivity index (χ1v) is 9.08. The van der Waals surface area contributed by atoms with Crippen LogP contribution in [0.1, 0.15) is 23.7 Å². The van der Waals surface area contributed by atoms with E-state index in [1.54, 1.807) is 16.9 Å². The molecule has 0 unspecified atom stereocenters. The van der Waals surface area contributed by atoms with E-state index in [1.807, 2.05) is 38.1 Å². The molecule has 2 amide bonds. The van der Waals surface area contributed by atoms with E-state index < -0.39 is 0 Å². The number of nitrogens with zero attached hydrogens (tertiary/aromatic N) is 3. The topological polar surface area (TPSA) is 102 Å². The predicted molar refractivity (Wildman–Crippen MR) is 103 cm³/mol. The van der Waals surface area contributed by atoms with Gasteiger partial charge in [0, 0.05) is 24.1 Å². The highest BCUT2D eigenvalue weighted by Crippen LogP contribution is 2.28. The number of nitrogens with one attached hydrogen (secondary N) is 2. The summed E-state index contributed by atoms with van der Waals surface area (Å²) in [5.41, 5.74) is 7.19. The summed E-state index contributed by atoms with van der Waals surface area (Å²) < 4.78 is 7.22. The van der Waals surface area contributed by atoms with Crippen LogP contribution in [0.5, 0.6) is 0 Å². The second-order valence-electron chi connectivity index (χ2n) is 6.28. The summed E-state index contributed by atoms with van der Waals surface area (Å²) in [6, 6.07) is 9.15. The molecule has 0 fully saturated rings. The first kappa shape index (κ1) is 19.6. The molecule has 0 saturated heterocycles. The molecule has 2 aromatic heterocycles. The number of carbonyl (C=O) groups excluding carboxylic acids is 2. The van der Waals surface area contributed by atoms with Crippen LogP contribution in [-0.4, -0.2) is 26.6 Å². The summed E-state index contributed by atoms with van der Waals surface area (Å²) >= 11 is 6.14. The van der Waals surface area contributed by atoms with Gasteiger partial charge in [-0.15, -0.1) is 0 Å². The highest BCUT2D eigenvalue weighted by Gasteiger charge is 2.12. The van der Waals surface area contributed by atoms with Gasteiger partial charge in [0.05, 0.1) is 16.9 Å². The monoisotopic (exact) mass is 401 g/mol. The predicted octanol–water partition coefficient (Wildman–Crippen LogP) is 2.59. The molecular formula is C19H20ClN5O3. The fourth-order valence-electron chi connectivity index (χ4n) is 2.64. The van der Waals surface area contributed by atoms with Gasteiger partial charge in [-0.05, 0) is 32.0 Å². The molecule has 2 N–H and O–H groups in total. The zero-order valence-electron chi connectivity index (χ0n) is 15.5. The number of aromatic nitrogens is 3. The van der Waals surface area contributed by atoms with E-state index in [9.17, 15) is 9.59 Å². The second kappa shape index (κ2) is 8.71. The number of rotatable bonds is 6. The van der Waals surface area contributed by atoms with Gasteiger partial charge in [0.15, 0.2) is 11.7 Å². The van der Waals surface area contributed by atoms with Crippen LogP contribution in [0, 0.1) is 13.8 Å². The number of halogens is 1. The number of carbonyl (C=O) groups is 2. The van der Waals surface area contributed by atoms with Crippen molar-refractivity contribution < 1.29 is 14.0 Å². The Morgan fingerprint density at radius 2 is 1.93 bits per heavy atom. The maximum absolute atomic E-state index is 11.9. The minimum Gasteiger partial charge on any atom is -0.441 e. The van der Waals surface area contributed by atoms with Crippen LogP contribution in [0.3, 0.4) is 0 Å². The Labute approximate surface area is 166 Å². The number of benzene rings is 1. The highest BCUT2D eigenvalue weighted by atomic mass is 35.5. The zero-order chi connectivity index (χ0) is 20.1. The van der Waals surface area contributed by atoms with Gasteiger partial charge in [-0.2, -0.15) is 5.10 Å². The van der Waals surface area contributed by atoms with Gasteiger partial charge in [0.1, 0.15) is 6.54 Å². The molecule has 0 saturated carbocycles. The van der Waals surface area contributed by atoms with Crippen molar-refractivity contribution in [1.82, 2.24) is 25.6 Å². The average Bonchev–Trinajstić information content (AvgIpc) is 3.25. The molecule has 2 heterocycles. The fraction of sp³-hybridized carbons (Fsp3) is 0.263. The number of aryl methyl sites for hydroxylation is 3. The van der Waals surface area contributed by atoms with Gasteiger partial charge in [-0.25, -0.2) is 4.98 Å². The minimum absolute atomic E-state index is 0.0287. The van der Waals surface area contributed by atoms with E-state index in [4.69, 9.17) is 16.0 Å². The first-order chi connectivity index (χ1) is 13.4. The molecule has 0 bridgehead atoms. The van der Waals surface area contributed by atoms with Crippen LogP contribution in [0.25, 0.3) is 11.3 Å². The molecule has 1 aromatic carbocycles. The van der Waals surface area contributed by atoms with Crippen molar-refractivity contribution in [3.63, 3.8) is 0 Å². The van der Waals surface area contributed by atoms with Gasteiger partial charge in [-0.3, -0.25) is 25.1 Å². The molecule has 28 heavy (non-hydrogen) atoms. The molecule has 9 heteroatoms. The van der Waals surface area contributed by atoms with Crippen LogP contribution >= 0.6 is 11.6 Å². The van der Waals surface area contributed by atoms with Crippen LogP contribution < -0.4 is 10.9 Å². The van der Waals surface area contributed by atoms with Crippen LogP contribution in [0.2, 0.25) is 5.02 Å². The molecule has 0 aliphatic heterocycles. The van der Waals surface area contributed by atoms with Gasteiger partial charge >= 0.3 is 0 Å². The second-order valence-corrected chi connectivity index (χ2v) is 6.69. The Hall–Kier alpha value is -3.13. The normalized spacial score (nSPS) is 10.7. The van der Waals surface area contributed by atoms with Crippen molar-refractivity contribution in [2.24, 2.45) is 0 Å². The molecule has 0 spiro atoms. The summed E-state index contributed by atoms with van der Waals surface area (Å²) in [6.45, 7) is 3.74. The molecule has 146 valence electrons. The molecule has 3 rings (SSSR count). The summed E-state index contributed by atoms with van der Waals surface area (Å²) in [5, 5.41) is 4.76. The summed E-state index contributed by atoms with van der Waals surface area (Å²) in [5.74, 6) is 0.245. The summed E-state index contributed by atoms with van der Waals surface area (Å²) in [4.78, 5) is 28.0. The third kappa shape index (κ3) is 4.98. The maximum Gasteiger partial charge on any atom is 0.260 e. The van der Waals surface area contributed by atoms with Gasteiger partial charge in [-0.1, -0.05) is 23.7 Å². The molecule has 0 atom stereocenters. The smallest absolute Gasteiger partial charge is 0.260 e. The van der Waals surface area contributed by atoms with Crippen LogP contribution in [-0.2, 0) is 22.6 Å². The Morgan fingerprint density at radius 3 is 2.64 bits per heavy atom. The number of amides is 2. The van der Waals surface area contributed by atoms with E-state index >= 15 is 0 Å². The highest BCUT2D eigenvalue weighted by molar-refractivity contribution is 6.33. The molecule has 3 aromatic rings. The number of oxazole rings is 1. The summed E-state index contributed by atoms with van der Waals surface area (Å²) in [7, 11) is 0. The number of hydrogen-bond donors (Lipinski definition) is 2. The van der Waals surface area contributed by atoms with Crippen molar-refractivity contribution in [2.45, 2.75) is 33.2 Å². The van der Waals surface area contributed by atoms with E-state index in [2.05, 4.69) is 20.9 Å². The van der Waals surface area contributed by atoms with Gasteiger partial charge < -0.3 is 4.42 Å². The maximum atomic E-state index is 11.9. The molecular weight excluding hydrogens is 382 g/mol. The van der Waals surface area contributed by atoms with Crippen LogP contribution in [0.15, 0.2) is 40.9 Å². The molecule has 0 aliphatic carbocycles. The standard InChI is InChI=1S/C19H20ClN5O3/c1-12-9-13(2)25(24-12)11-18(27)23-22-17(26)7-8-19-21-10-16(28-19)14-5-3-4-6-15(14)20/h3-6,9-10H,7-8,11H2,1-2H3,(H,22,26)(H,23,27). The summed E-state index contributed by atoms with van der Waals surface area (Å²) in [6.07, 6.45) is 1.98. The van der Waals surface area contributed by atoms with E-state index in [0.717, 1.165) is 17.0 Å². The number of hydrazine groups is 1. The first-order valence-electron chi connectivity index (χ1n) is 8.70. The molecule has 0 aliphatic rings. The fourth-order valence-corrected chi connectivity index (χ4v) is 2.87. The molecule has 8 nitrogen and oxygen atoms in total. The van der Waals surface area contributed by atoms with E-state index in [-0.39, 0.29) is 24.8 Å². The third-order valence-electron chi connectivity index (χ3n) is 4.00. The molecule has 0 radical (unpaired) electrons. The van der Waals surface area contributed by atoms with Crippen molar-refractivity contribution in [3.8, 4) is 11.3 Å². The third-order valence-corrected chi connectivity index (χ3v) is 4.33. The van der Waals surface area contributed by atoms with Crippen molar-refractivity contribution >= 4 is 23.4 Å². The zero-order valence-corrected chi connectivity index (χ0v) is 16.3. The lowest BCUT2D eigenvalue weighted by molar-refractivity contribution is -0.129. The van der Waals surface area contributed by atoms with E-state index in [1.165, 1.54) is 0 Å². The largest absolute Gasteiger partial charge is 0.441 e. The van der Waals surface area contributed by atoms with Crippen molar-refractivity contribution in [1.29, 1.82) is 0 Å². The lowest BCUT2D eigenvalue weighted by atomic mass is 10.2. The quantitative estimate of drug-likeness (QED) is 0.618. The Kier molecular flexibility index (Phi) is 6.10. The minimum atomic E-state index is -0.364. The van der Waals surface area contributed by atoms with Crippen LogP contribution in [0.4, 0.5) is 0 Å². The van der Waals surface area contributed by atoms with Gasteiger partial charge in [0.25, 0.3) is 5.91 Å². The van der Waals surface area contributed by atoms with Gasteiger partial charge in [0.2, 0.25) is 5.91 Å². The Balaban J connectivity index is 1.45. The lowest BCUT2D eigenvalue weighted by Crippen LogP contribution is -2.43. The Morgan fingerprint density at radius 1 is 1.18 bits per heavy atom. The average molecular weight is 402 g/mol. The van der Waals surface area contributed by atoms with Crippen molar-refractivity contribution in [2.75, 3.05) is 0 Å². The Bertz CT molecular complexity index is 995. The van der Waals surface area contributed by atoms with E-state index in [0.29, 0.717) is 23.1 Å². The number of hydrogen-bond acceptors (Lipinski definition) is 5. The lowest BCUT2D eigenvalue weighted by Gasteiger charge is -2.08. The SMILES string of the molecule is Cc1cc(C)n(CC(=O)NNC(=O)CCc2ncc(-c3ccccc3Cl)o2)n1.